The maximum absolute atomic E-state index is 12.0. The van der Waals surface area contributed by atoms with E-state index in [-0.39, 0.29) is 17.7 Å². The van der Waals surface area contributed by atoms with Gasteiger partial charge >= 0.3 is 5.97 Å². The molecule has 1 saturated heterocycles. The SMILES string of the molecule is COc1nccc2nc(-c3ccc(-c4ccc(CCCOC5CCCCO5)cc4)cc3)cc(C(=O)O)c12. The van der Waals surface area contributed by atoms with Crippen molar-refractivity contribution < 1.29 is 24.1 Å². The Kier molecular flexibility index (Phi) is 7.73. The summed E-state index contributed by atoms with van der Waals surface area (Å²) in [6.07, 6.45) is 6.78. The largest absolute Gasteiger partial charge is 0.480 e. The summed E-state index contributed by atoms with van der Waals surface area (Å²) in [5, 5.41) is 10.2. The molecule has 1 aliphatic heterocycles. The number of aryl methyl sites for hydroxylation is 1. The Bertz CT molecular complexity index is 1360. The second kappa shape index (κ2) is 11.5. The van der Waals surface area contributed by atoms with Crippen molar-refractivity contribution in [3.63, 3.8) is 0 Å². The van der Waals surface area contributed by atoms with Crippen LogP contribution in [0.2, 0.25) is 0 Å². The smallest absolute Gasteiger partial charge is 0.336 e. The van der Waals surface area contributed by atoms with Crippen LogP contribution in [-0.4, -0.2) is 47.7 Å². The highest BCUT2D eigenvalue weighted by atomic mass is 16.7. The molecule has 0 radical (unpaired) electrons. The van der Waals surface area contributed by atoms with E-state index >= 15 is 0 Å². The van der Waals surface area contributed by atoms with Crippen LogP contribution in [0.1, 0.15) is 41.6 Å². The van der Waals surface area contributed by atoms with Crippen LogP contribution in [0.3, 0.4) is 0 Å². The van der Waals surface area contributed by atoms with Gasteiger partial charge in [-0.25, -0.2) is 14.8 Å². The third-order valence-corrected chi connectivity index (χ3v) is 6.63. The first-order valence-corrected chi connectivity index (χ1v) is 12.6. The number of carboxylic acid groups (broad SMARTS) is 1. The van der Waals surface area contributed by atoms with E-state index in [2.05, 4.69) is 34.2 Å². The molecule has 3 heterocycles. The van der Waals surface area contributed by atoms with Crippen molar-refractivity contribution in [3.05, 3.63) is 78.0 Å². The van der Waals surface area contributed by atoms with Crippen molar-refractivity contribution in [3.8, 4) is 28.3 Å². The van der Waals surface area contributed by atoms with Crippen molar-refractivity contribution in [2.45, 2.75) is 38.4 Å². The summed E-state index contributed by atoms with van der Waals surface area (Å²) < 4.78 is 16.7. The molecule has 7 nitrogen and oxygen atoms in total. The van der Waals surface area contributed by atoms with E-state index in [9.17, 15) is 9.90 Å². The van der Waals surface area contributed by atoms with Gasteiger partial charge in [0.15, 0.2) is 6.29 Å². The van der Waals surface area contributed by atoms with Crippen LogP contribution in [0.4, 0.5) is 0 Å². The molecule has 1 unspecified atom stereocenters. The number of hydrogen-bond acceptors (Lipinski definition) is 6. The van der Waals surface area contributed by atoms with Crippen LogP contribution in [0.25, 0.3) is 33.3 Å². The zero-order chi connectivity index (χ0) is 25.6. The van der Waals surface area contributed by atoms with Crippen LogP contribution in [-0.2, 0) is 15.9 Å². The lowest BCUT2D eigenvalue weighted by Gasteiger charge is -2.22. The third-order valence-electron chi connectivity index (χ3n) is 6.63. The number of rotatable bonds is 9. The van der Waals surface area contributed by atoms with Gasteiger partial charge in [-0.2, -0.15) is 0 Å². The van der Waals surface area contributed by atoms with Gasteiger partial charge in [-0.1, -0.05) is 48.5 Å². The number of fused-ring (bicyclic) bond motifs is 1. The summed E-state index contributed by atoms with van der Waals surface area (Å²) in [5.41, 5.74) is 5.54. The molecule has 0 bridgehead atoms. The summed E-state index contributed by atoms with van der Waals surface area (Å²) in [7, 11) is 1.47. The van der Waals surface area contributed by atoms with Gasteiger partial charge in [0.2, 0.25) is 5.88 Å². The normalized spacial score (nSPS) is 15.5. The van der Waals surface area contributed by atoms with Crippen LogP contribution in [0.15, 0.2) is 66.9 Å². The number of methoxy groups -OCH3 is 1. The molecule has 0 aliphatic carbocycles. The predicted molar refractivity (Wildman–Crippen MR) is 142 cm³/mol. The summed E-state index contributed by atoms with van der Waals surface area (Å²) in [6, 6.07) is 19.8. The van der Waals surface area contributed by atoms with Gasteiger partial charge < -0.3 is 19.3 Å². The zero-order valence-electron chi connectivity index (χ0n) is 20.9. The Labute approximate surface area is 216 Å². The van der Waals surface area contributed by atoms with E-state index in [0.717, 1.165) is 49.0 Å². The molecule has 7 heteroatoms. The lowest BCUT2D eigenvalue weighted by Crippen LogP contribution is -2.22. The van der Waals surface area contributed by atoms with E-state index in [1.807, 2.05) is 24.3 Å². The standard InChI is InChI=1S/C30H30N2O5/c1-35-29-28-24(30(33)34)19-26(32-25(28)15-16-31-29)23-13-11-22(12-14-23)21-9-7-20(8-10-21)5-4-18-37-27-6-2-3-17-36-27/h7-16,19,27H,2-6,17-18H2,1H3,(H,33,34). The van der Waals surface area contributed by atoms with Crippen molar-refractivity contribution in [1.82, 2.24) is 9.97 Å². The first kappa shape index (κ1) is 24.9. The molecule has 0 saturated carbocycles. The Hall–Kier alpha value is -3.81. The summed E-state index contributed by atoms with van der Waals surface area (Å²) in [5.74, 6) is -0.802. The molecule has 2 aromatic carbocycles. The molecular formula is C30H30N2O5. The lowest BCUT2D eigenvalue weighted by molar-refractivity contribution is -0.162. The van der Waals surface area contributed by atoms with Gasteiger partial charge in [-0.3, -0.25) is 0 Å². The van der Waals surface area contributed by atoms with Gasteiger partial charge in [0, 0.05) is 18.4 Å². The van der Waals surface area contributed by atoms with Crippen molar-refractivity contribution in [1.29, 1.82) is 0 Å². The first-order valence-electron chi connectivity index (χ1n) is 12.6. The first-order chi connectivity index (χ1) is 18.1. The molecule has 1 aliphatic rings. The number of pyridine rings is 2. The van der Waals surface area contributed by atoms with E-state index < -0.39 is 5.97 Å². The highest BCUT2D eigenvalue weighted by Gasteiger charge is 2.18. The molecule has 1 atom stereocenters. The van der Waals surface area contributed by atoms with Crippen LogP contribution in [0, 0.1) is 0 Å². The number of carboxylic acids is 1. The minimum atomic E-state index is -1.05. The second-order valence-electron chi connectivity index (χ2n) is 9.12. The molecule has 1 fully saturated rings. The number of ether oxygens (including phenoxy) is 3. The van der Waals surface area contributed by atoms with Crippen LogP contribution < -0.4 is 4.74 Å². The molecule has 0 amide bonds. The molecule has 190 valence electrons. The number of aromatic nitrogens is 2. The summed E-state index contributed by atoms with van der Waals surface area (Å²) >= 11 is 0. The zero-order valence-corrected chi connectivity index (χ0v) is 20.9. The number of aromatic carboxylic acids is 1. The molecule has 0 spiro atoms. The monoisotopic (exact) mass is 498 g/mol. The summed E-state index contributed by atoms with van der Waals surface area (Å²) in [4.78, 5) is 20.8. The molecular weight excluding hydrogens is 468 g/mol. The van der Waals surface area contributed by atoms with Gasteiger partial charge in [0.1, 0.15) is 0 Å². The maximum atomic E-state index is 12.0. The Morgan fingerprint density at radius 1 is 1.03 bits per heavy atom. The van der Waals surface area contributed by atoms with Crippen LogP contribution in [0.5, 0.6) is 5.88 Å². The summed E-state index contributed by atoms with van der Waals surface area (Å²) in [6.45, 7) is 1.52. The van der Waals surface area contributed by atoms with Gasteiger partial charge in [-0.05, 0) is 60.9 Å². The quantitative estimate of drug-likeness (QED) is 0.277. The molecule has 2 aromatic heterocycles. The average Bonchev–Trinajstić information content (AvgIpc) is 2.95. The average molecular weight is 499 g/mol. The Morgan fingerprint density at radius 2 is 1.76 bits per heavy atom. The minimum Gasteiger partial charge on any atom is -0.480 e. The van der Waals surface area contributed by atoms with Crippen molar-refractivity contribution in [2.24, 2.45) is 0 Å². The number of carbonyl (C=O) groups is 1. The van der Waals surface area contributed by atoms with Crippen LogP contribution >= 0.6 is 0 Å². The Balaban J connectivity index is 1.27. The minimum absolute atomic E-state index is 0.0283. The number of nitrogens with zero attached hydrogens (tertiary/aromatic N) is 2. The fourth-order valence-electron chi connectivity index (χ4n) is 4.65. The molecule has 5 rings (SSSR count). The van der Waals surface area contributed by atoms with E-state index in [0.29, 0.717) is 23.2 Å². The third kappa shape index (κ3) is 5.79. The highest BCUT2D eigenvalue weighted by Crippen LogP contribution is 2.31. The molecule has 4 aromatic rings. The van der Waals surface area contributed by atoms with Crippen molar-refractivity contribution >= 4 is 16.9 Å². The van der Waals surface area contributed by atoms with E-state index in [1.165, 1.54) is 19.1 Å². The fourth-order valence-corrected chi connectivity index (χ4v) is 4.65. The Morgan fingerprint density at radius 3 is 2.43 bits per heavy atom. The number of hydrogen-bond donors (Lipinski definition) is 1. The van der Waals surface area contributed by atoms with E-state index in [1.54, 1.807) is 18.3 Å². The molecule has 1 N–H and O–H groups in total. The van der Waals surface area contributed by atoms with E-state index in [4.69, 9.17) is 14.2 Å². The van der Waals surface area contributed by atoms with Gasteiger partial charge in [0.25, 0.3) is 0 Å². The maximum Gasteiger partial charge on any atom is 0.336 e. The van der Waals surface area contributed by atoms with Gasteiger partial charge in [0.05, 0.1) is 35.9 Å². The molecule has 37 heavy (non-hydrogen) atoms. The second-order valence-corrected chi connectivity index (χ2v) is 9.12. The lowest BCUT2D eigenvalue weighted by atomic mass is 9.99. The number of benzene rings is 2. The fraction of sp³-hybridized carbons (Fsp3) is 0.300. The highest BCUT2D eigenvalue weighted by molar-refractivity contribution is 6.05. The van der Waals surface area contributed by atoms with Crippen molar-refractivity contribution in [2.75, 3.05) is 20.3 Å². The predicted octanol–water partition coefficient (Wildman–Crippen LogP) is 6.15. The van der Waals surface area contributed by atoms with Gasteiger partial charge in [-0.15, -0.1) is 0 Å². The topological polar surface area (TPSA) is 90.8 Å².